The molecular weight excluding hydrogens is 196 g/mol. The summed E-state index contributed by atoms with van der Waals surface area (Å²) in [4.78, 5) is 2.75. The zero-order chi connectivity index (χ0) is 11.6. The quantitative estimate of drug-likeness (QED) is 0.736. The van der Waals surface area contributed by atoms with Crippen LogP contribution in [0.5, 0.6) is 0 Å². The Morgan fingerprint density at radius 1 is 0.938 bits per heavy atom. The van der Waals surface area contributed by atoms with Crippen LogP contribution < -0.4 is 5.32 Å². The van der Waals surface area contributed by atoms with Crippen molar-refractivity contribution >= 4 is 0 Å². The maximum Gasteiger partial charge on any atom is 0.0119 e. The maximum atomic E-state index is 3.46. The Labute approximate surface area is 101 Å². The molecule has 2 fully saturated rings. The Morgan fingerprint density at radius 3 is 2.00 bits per heavy atom. The van der Waals surface area contributed by atoms with Gasteiger partial charge >= 0.3 is 0 Å². The molecule has 2 heterocycles. The lowest BCUT2D eigenvalue weighted by atomic mass is 9.75. The first-order valence-electron chi connectivity index (χ1n) is 7.02. The lowest BCUT2D eigenvalue weighted by molar-refractivity contribution is 0.0711. The summed E-state index contributed by atoms with van der Waals surface area (Å²) in [6.45, 7) is 12.3. The predicted octanol–water partition coefficient (Wildman–Crippen LogP) is 2.50. The molecule has 0 atom stereocenters. The van der Waals surface area contributed by atoms with Gasteiger partial charge in [-0.1, -0.05) is 20.8 Å². The molecule has 0 spiro atoms. The first-order valence-corrected chi connectivity index (χ1v) is 7.02. The van der Waals surface area contributed by atoms with Gasteiger partial charge in [0.2, 0.25) is 0 Å². The highest BCUT2D eigenvalue weighted by Gasteiger charge is 2.31. The minimum Gasteiger partial charge on any atom is -0.317 e. The van der Waals surface area contributed by atoms with Gasteiger partial charge in [-0.2, -0.15) is 0 Å². The van der Waals surface area contributed by atoms with Crippen molar-refractivity contribution in [1.29, 1.82) is 0 Å². The van der Waals surface area contributed by atoms with Crippen LogP contribution in [0.1, 0.15) is 46.5 Å². The molecule has 0 unspecified atom stereocenters. The summed E-state index contributed by atoms with van der Waals surface area (Å²) < 4.78 is 0. The van der Waals surface area contributed by atoms with Gasteiger partial charge < -0.3 is 10.2 Å². The number of hydrogen-bond donors (Lipinski definition) is 1. The van der Waals surface area contributed by atoms with Crippen molar-refractivity contribution in [3.8, 4) is 0 Å². The summed E-state index contributed by atoms with van der Waals surface area (Å²) in [6, 6.07) is 0.877. The van der Waals surface area contributed by atoms with E-state index in [-0.39, 0.29) is 0 Å². The van der Waals surface area contributed by atoms with Crippen molar-refractivity contribution < 1.29 is 0 Å². The van der Waals surface area contributed by atoms with Crippen LogP contribution in [0.3, 0.4) is 0 Å². The standard InChI is InChI=1S/C14H28N2/c1-14(2,3)12-6-10-16(11-7-12)13-4-8-15-9-5-13/h12-13,15H,4-11H2,1-3H3. The van der Waals surface area contributed by atoms with E-state index in [1.807, 2.05) is 0 Å². The molecule has 1 N–H and O–H groups in total. The fraction of sp³-hybridized carbons (Fsp3) is 1.00. The molecule has 2 aliphatic rings. The van der Waals surface area contributed by atoms with E-state index in [0.29, 0.717) is 5.41 Å². The molecule has 2 saturated heterocycles. The third-order valence-electron chi connectivity index (χ3n) is 4.58. The van der Waals surface area contributed by atoms with E-state index in [1.165, 1.54) is 51.9 Å². The molecule has 2 heteroatoms. The molecule has 0 bridgehead atoms. The second-order valence-corrected chi connectivity index (χ2v) is 6.66. The number of piperidine rings is 2. The lowest BCUT2D eigenvalue weighted by Gasteiger charge is -2.43. The third-order valence-corrected chi connectivity index (χ3v) is 4.58. The van der Waals surface area contributed by atoms with E-state index in [0.717, 1.165) is 12.0 Å². The Balaban J connectivity index is 1.80. The molecule has 2 nitrogen and oxygen atoms in total. The molecule has 0 aromatic carbocycles. The van der Waals surface area contributed by atoms with Crippen LogP contribution in [-0.4, -0.2) is 37.1 Å². The van der Waals surface area contributed by atoms with E-state index in [2.05, 4.69) is 31.0 Å². The van der Waals surface area contributed by atoms with Crippen LogP contribution in [0.25, 0.3) is 0 Å². The number of likely N-dealkylation sites (tertiary alicyclic amines) is 1. The van der Waals surface area contributed by atoms with Crippen LogP contribution in [0.4, 0.5) is 0 Å². The van der Waals surface area contributed by atoms with Crippen LogP contribution in [-0.2, 0) is 0 Å². The second-order valence-electron chi connectivity index (χ2n) is 6.66. The molecule has 0 radical (unpaired) electrons. The first-order chi connectivity index (χ1) is 7.57. The highest BCUT2D eigenvalue weighted by atomic mass is 15.2. The normalized spacial score (nSPS) is 27.2. The number of nitrogens with zero attached hydrogens (tertiary/aromatic N) is 1. The fourth-order valence-corrected chi connectivity index (χ4v) is 3.30. The van der Waals surface area contributed by atoms with Gasteiger partial charge in [0.05, 0.1) is 0 Å². The van der Waals surface area contributed by atoms with Crippen LogP contribution in [0, 0.1) is 11.3 Å². The van der Waals surface area contributed by atoms with E-state index in [9.17, 15) is 0 Å². The van der Waals surface area contributed by atoms with Crippen molar-refractivity contribution in [3.05, 3.63) is 0 Å². The van der Waals surface area contributed by atoms with Crippen molar-refractivity contribution in [2.24, 2.45) is 11.3 Å². The highest BCUT2D eigenvalue weighted by molar-refractivity contribution is 4.85. The van der Waals surface area contributed by atoms with Gasteiger partial charge in [0.25, 0.3) is 0 Å². The predicted molar refractivity (Wildman–Crippen MR) is 69.6 cm³/mol. The Kier molecular flexibility index (Phi) is 3.91. The van der Waals surface area contributed by atoms with Crippen molar-refractivity contribution in [1.82, 2.24) is 10.2 Å². The van der Waals surface area contributed by atoms with Gasteiger partial charge in [-0.05, 0) is 63.2 Å². The molecule has 94 valence electrons. The maximum absolute atomic E-state index is 3.46. The third kappa shape index (κ3) is 2.98. The summed E-state index contributed by atoms with van der Waals surface area (Å²) in [5, 5.41) is 3.46. The summed E-state index contributed by atoms with van der Waals surface area (Å²) in [5.41, 5.74) is 0.514. The molecule has 0 aliphatic carbocycles. The second kappa shape index (κ2) is 5.05. The minimum atomic E-state index is 0.514. The van der Waals surface area contributed by atoms with E-state index < -0.39 is 0 Å². The van der Waals surface area contributed by atoms with Gasteiger partial charge in [-0.3, -0.25) is 0 Å². The number of rotatable bonds is 1. The van der Waals surface area contributed by atoms with Crippen LogP contribution >= 0.6 is 0 Å². The van der Waals surface area contributed by atoms with E-state index >= 15 is 0 Å². The van der Waals surface area contributed by atoms with Crippen molar-refractivity contribution in [3.63, 3.8) is 0 Å². The SMILES string of the molecule is CC(C)(C)C1CCN(C2CCNCC2)CC1. The summed E-state index contributed by atoms with van der Waals surface area (Å²) in [7, 11) is 0. The average molecular weight is 224 g/mol. The largest absolute Gasteiger partial charge is 0.317 e. The monoisotopic (exact) mass is 224 g/mol. The topological polar surface area (TPSA) is 15.3 Å². The van der Waals surface area contributed by atoms with Crippen molar-refractivity contribution in [2.75, 3.05) is 26.2 Å². The smallest absolute Gasteiger partial charge is 0.0119 e. The number of hydrogen-bond acceptors (Lipinski definition) is 2. The van der Waals surface area contributed by atoms with Gasteiger partial charge in [0.1, 0.15) is 0 Å². The van der Waals surface area contributed by atoms with E-state index in [1.54, 1.807) is 0 Å². The fourth-order valence-electron chi connectivity index (χ4n) is 3.30. The molecule has 16 heavy (non-hydrogen) atoms. The molecule has 0 aromatic rings. The van der Waals surface area contributed by atoms with Gasteiger partial charge in [0, 0.05) is 6.04 Å². The summed E-state index contributed by atoms with van der Waals surface area (Å²) in [6.07, 6.45) is 5.54. The Bertz CT molecular complexity index is 205. The average Bonchev–Trinajstić information content (AvgIpc) is 2.29. The van der Waals surface area contributed by atoms with Crippen molar-refractivity contribution in [2.45, 2.75) is 52.5 Å². The van der Waals surface area contributed by atoms with Crippen LogP contribution in [0.2, 0.25) is 0 Å². The summed E-state index contributed by atoms with van der Waals surface area (Å²) >= 11 is 0. The summed E-state index contributed by atoms with van der Waals surface area (Å²) in [5.74, 6) is 0.936. The molecule has 2 rings (SSSR count). The molecule has 0 saturated carbocycles. The lowest BCUT2D eigenvalue weighted by Crippen LogP contribution is -2.47. The van der Waals surface area contributed by atoms with Crippen LogP contribution in [0.15, 0.2) is 0 Å². The minimum absolute atomic E-state index is 0.514. The number of nitrogens with one attached hydrogen (secondary N) is 1. The molecule has 2 aliphatic heterocycles. The van der Waals surface area contributed by atoms with Gasteiger partial charge in [-0.15, -0.1) is 0 Å². The Hall–Kier alpha value is -0.0800. The molecular formula is C14H28N2. The van der Waals surface area contributed by atoms with E-state index in [4.69, 9.17) is 0 Å². The Morgan fingerprint density at radius 2 is 1.50 bits per heavy atom. The first kappa shape index (κ1) is 12.4. The molecule has 0 aromatic heterocycles. The highest BCUT2D eigenvalue weighted by Crippen LogP contribution is 2.35. The zero-order valence-corrected chi connectivity index (χ0v) is 11.3. The van der Waals surface area contributed by atoms with Gasteiger partial charge in [-0.25, -0.2) is 0 Å². The van der Waals surface area contributed by atoms with Gasteiger partial charge in [0.15, 0.2) is 0 Å². The molecule has 0 amide bonds. The zero-order valence-electron chi connectivity index (χ0n) is 11.3.